The van der Waals surface area contributed by atoms with Gasteiger partial charge in [0.25, 0.3) is 0 Å². The average molecular weight is 273 g/mol. The standard InChI is InChI=1S/C13H11N3O2S/c14-19(17,18)11-5-3-9(4-6-11)12-8-10-2-1-7-15-13(10)16-12/h1-8H,(H,15,16)(H2,14,17,18). The maximum Gasteiger partial charge on any atom is 0.238 e. The van der Waals surface area contributed by atoms with Crippen LogP contribution in [0.15, 0.2) is 53.6 Å². The first-order chi connectivity index (χ1) is 9.04. The van der Waals surface area contributed by atoms with Crippen LogP contribution in [-0.4, -0.2) is 18.4 Å². The number of benzene rings is 1. The molecule has 0 aliphatic rings. The van der Waals surface area contributed by atoms with E-state index in [0.29, 0.717) is 0 Å². The Kier molecular flexibility index (Phi) is 2.62. The van der Waals surface area contributed by atoms with Gasteiger partial charge < -0.3 is 4.98 Å². The fourth-order valence-corrected chi connectivity index (χ4v) is 2.45. The van der Waals surface area contributed by atoms with Crippen molar-refractivity contribution in [1.29, 1.82) is 0 Å². The van der Waals surface area contributed by atoms with Gasteiger partial charge in [-0.3, -0.25) is 0 Å². The Labute approximate surface area is 110 Å². The average Bonchev–Trinajstić information content (AvgIpc) is 2.81. The molecule has 0 atom stereocenters. The zero-order valence-corrected chi connectivity index (χ0v) is 10.7. The van der Waals surface area contributed by atoms with Gasteiger partial charge >= 0.3 is 0 Å². The summed E-state index contributed by atoms with van der Waals surface area (Å²) in [5.74, 6) is 0. The van der Waals surface area contributed by atoms with Crippen molar-refractivity contribution in [3.63, 3.8) is 0 Å². The Bertz CT molecular complexity index is 803. The molecule has 1 aromatic carbocycles. The number of sulfonamides is 1. The van der Waals surface area contributed by atoms with Crippen LogP contribution in [0.25, 0.3) is 22.3 Å². The topological polar surface area (TPSA) is 88.8 Å². The zero-order valence-electron chi connectivity index (χ0n) is 9.87. The lowest BCUT2D eigenvalue weighted by Gasteiger charge is -2.00. The summed E-state index contributed by atoms with van der Waals surface area (Å²) in [6.45, 7) is 0. The van der Waals surface area contributed by atoms with Gasteiger partial charge in [-0.15, -0.1) is 0 Å². The first kappa shape index (κ1) is 11.9. The van der Waals surface area contributed by atoms with Gasteiger partial charge in [-0.2, -0.15) is 0 Å². The van der Waals surface area contributed by atoms with Crippen LogP contribution in [0.5, 0.6) is 0 Å². The van der Waals surface area contributed by atoms with Gasteiger partial charge in [-0.1, -0.05) is 12.1 Å². The molecule has 0 aliphatic carbocycles. The molecule has 2 heterocycles. The fraction of sp³-hybridized carbons (Fsp3) is 0. The minimum Gasteiger partial charge on any atom is -0.339 e. The Hall–Kier alpha value is -2.18. The van der Waals surface area contributed by atoms with Crippen LogP contribution in [0, 0.1) is 0 Å². The molecule has 96 valence electrons. The molecule has 0 saturated heterocycles. The Morgan fingerprint density at radius 1 is 1.11 bits per heavy atom. The summed E-state index contributed by atoms with van der Waals surface area (Å²) in [4.78, 5) is 7.49. The normalized spacial score (nSPS) is 11.8. The molecule has 19 heavy (non-hydrogen) atoms. The molecule has 5 nitrogen and oxygen atoms in total. The van der Waals surface area contributed by atoms with Crippen molar-refractivity contribution < 1.29 is 8.42 Å². The van der Waals surface area contributed by atoms with Gasteiger partial charge in [0, 0.05) is 17.3 Å². The molecule has 0 aliphatic heterocycles. The molecule has 2 aromatic heterocycles. The summed E-state index contributed by atoms with van der Waals surface area (Å²) in [5, 5.41) is 6.07. The number of aromatic nitrogens is 2. The first-order valence-corrected chi connectivity index (χ1v) is 7.16. The molecule has 0 fully saturated rings. The summed E-state index contributed by atoms with van der Waals surface area (Å²) in [7, 11) is -3.65. The number of nitrogens with one attached hydrogen (secondary N) is 1. The van der Waals surface area contributed by atoms with Crippen LogP contribution in [0.4, 0.5) is 0 Å². The Morgan fingerprint density at radius 2 is 1.84 bits per heavy atom. The second-order valence-electron chi connectivity index (χ2n) is 4.19. The number of aromatic amines is 1. The van der Waals surface area contributed by atoms with Crippen LogP contribution in [-0.2, 0) is 10.0 Å². The van der Waals surface area contributed by atoms with Crippen molar-refractivity contribution in [2.75, 3.05) is 0 Å². The molecule has 0 bridgehead atoms. The van der Waals surface area contributed by atoms with Crippen molar-refractivity contribution >= 4 is 21.1 Å². The van der Waals surface area contributed by atoms with E-state index in [9.17, 15) is 8.42 Å². The molecule has 0 saturated carbocycles. The van der Waals surface area contributed by atoms with Crippen molar-refractivity contribution in [3.8, 4) is 11.3 Å². The maximum atomic E-state index is 11.2. The number of nitrogens with zero attached hydrogens (tertiary/aromatic N) is 1. The first-order valence-electron chi connectivity index (χ1n) is 5.61. The predicted molar refractivity (Wildman–Crippen MR) is 72.9 cm³/mol. The number of primary sulfonamides is 1. The lowest BCUT2D eigenvalue weighted by Crippen LogP contribution is -2.11. The van der Waals surface area contributed by atoms with E-state index in [1.165, 1.54) is 12.1 Å². The monoisotopic (exact) mass is 273 g/mol. The summed E-state index contributed by atoms with van der Waals surface area (Å²) in [6, 6.07) is 12.2. The van der Waals surface area contributed by atoms with Gasteiger partial charge in [-0.25, -0.2) is 18.5 Å². The highest BCUT2D eigenvalue weighted by molar-refractivity contribution is 7.89. The molecule has 3 N–H and O–H groups in total. The highest BCUT2D eigenvalue weighted by Crippen LogP contribution is 2.23. The second kappa shape index (κ2) is 4.18. The molecule has 0 unspecified atom stereocenters. The number of rotatable bonds is 2. The van der Waals surface area contributed by atoms with Gasteiger partial charge in [0.2, 0.25) is 10.0 Å². The SMILES string of the molecule is NS(=O)(=O)c1ccc(-c2cc3cccnc3[nH]2)cc1. The van der Waals surface area contributed by atoms with Crippen LogP contribution >= 0.6 is 0 Å². The second-order valence-corrected chi connectivity index (χ2v) is 5.76. The highest BCUT2D eigenvalue weighted by Gasteiger charge is 2.08. The van der Waals surface area contributed by atoms with Crippen LogP contribution in [0.1, 0.15) is 0 Å². The molecular weight excluding hydrogens is 262 g/mol. The highest BCUT2D eigenvalue weighted by atomic mass is 32.2. The third-order valence-electron chi connectivity index (χ3n) is 2.89. The number of fused-ring (bicyclic) bond motifs is 1. The molecule has 3 aromatic rings. The van der Waals surface area contributed by atoms with E-state index in [2.05, 4.69) is 9.97 Å². The van der Waals surface area contributed by atoms with E-state index in [4.69, 9.17) is 5.14 Å². The van der Waals surface area contributed by atoms with Gasteiger partial charge in [0.05, 0.1) is 4.90 Å². The lowest BCUT2D eigenvalue weighted by molar-refractivity contribution is 0.598. The molecule has 6 heteroatoms. The van der Waals surface area contributed by atoms with Gasteiger partial charge in [-0.05, 0) is 35.9 Å². The summed E-state index contributed by atoms with van der Waals surface area (Å²) < 4.78 is 22.4. The van der Waals surface area contributed by atoms with Crippen molar-refractivity contribution in [2.24, 2.45) is 5.14 Å². The van der Waals surface area contributed by atoms with Crippen molar-refractivity contribution in [1.82, 2.24) is 9.97 Å². The van der Waals surface area contributed by atoms with Crippen molar-refractivity contribution in [3.05, 3.63) is 48.7 Å². The van der Waals surface area contributed by atoms with E-state index in [1.807, 2.05) is 18.2 Å². The van der Waals surface area contributed by atoms with Crippen LogP contribution in [0.2, 0.25) is 0 Å². The Morgan fingerprint density at radius 3 is 2.47 bits per heavy atom. The van der Waals surface area contributed by atoms with Crippen LogP contribution < -0.4 is 5.14 Å². The van der Waals surface area contributed by atoms with Crippen molar-refractivity contribution in [2.45, 2.75) is 4.90 Å². The third-order valence-corrected chi connectivity index (χ3v) is 3.81. The van der Waals surface area contributed by atoms with Crippen LogP contribution in [0.3, 0.4) is 0 Å². The molecule has 0 spiro atoms. The number of hydrogen-bond donors (Lipinski definition) is 2. The zero-order chi connectivity index (χ0) is 13.5. The summed E-state index contributed by atoms with van der Waals surface area (Å²) in [6.07, 6.45) is 1.71. The number of H-pyrrole nitrogens is 1. The third kappa shape index (κ3) is 2.23. The summed E-state index contributed by atoms with van der Waals surface area (Å²) in [5.41, 5.74) is 2.56. The number of nitrogens with two attached hydrogens (primary N) is 1. The van der Waals surface area contributed by atoms with Gasteiger partial charge in [0.15, 0.2) is 0 Å². The molecule has 0 radical (unpaired) electrons. The smallest absolute Gasteiger partial charge is 0.238 e. The number of hydrogen-bond acceptors (Lipinski definition) is 3. The minimum atomic E-state index is -3.65. The lowest BCUT2D eigenvalue weighted by atomic mass is 10.1. The molecule has 3 rings (SSSR count). The van der Waals surface area contributed by atoms with E-state index >= 15 is 0 Å². The fourth-order valence-electron chi connectivity index (χ4n) is 1.94. The van der Waals surface area contributed by atoms with E-state index in [0.717, 1.165) is 22.3 Å². The van der Waals surface area contributed by atoms with E-state index in [-0.39, 0.29) is 4.90 Å². The Balaban J connectivity index is 2.07. The predicted octanol–water partition coefficient (Wildman–Crippen LogP) is 1.88. The largest absolute Gasteiger partial charge is 0.339 e. The van der Waals surface area contributed by atoms with E-state index in [1.54, 1.807) is 18.3 Å². The minimum absolute atomic E-state index is 0.102. The number of pyridine rings is 1. The molecule has 0 amide bonds. The maximum absolute atomic E-state index is 11.2. The van der Waals surface area contributed by atoms with Gasteiger partial charge in [0.1, 0.15) is 5.65 Å². The molecular formula is C13H11N3O2S. The summed E-state index contributed by atoms with van der Waals surface area (Å²) >= 11 is 0. The quantitative estimate of drug-likeness (QED) is 0.747. The van der Waals surface area contributed by atoms with E-state index < -0.39 is 10.0 Å².